The third-order valence-electron chi connectivity index (χ3n) is 8.85. The fraction of sp³-hybridized carbons (Fsp3) is 0.0244. The van der Waals surface area contributed by atoms with Crippen molar-refractivity contribution in [1.82, 2.24) is 19.1 Å². The maximum Gasteiger partial charge on any atom is 0.235 e. The number of para-hydroxylation sites is 3. The van der Waals surface area contributed by atoms with Crippen LogP contribution in [0.4, 0.5) is 0 Å². The first-order chi connectivity index (χ1) is 22.2. The Kier molecular flexibility index (Phi) is 5.69. The maximum atomic E-state index is 5.05. The lowest BCUT2D eigenvalue weighted by atomic mass is 10.0. The van der Waals surface area contributed by atoms with Gasteiger partial charge in [-0.1, -0.05) is 90.5 Å². The number of hydrogen-bond donors (Lipinski definition) is 0. The number of fused-ring (bicyclic) bond motifs is 6. The highest BCUT2D eigenvalue weighted by Crippen LogP contribution is 2.38. The Labute approximate surface area is 260 Å². The quantitative estimate of drug-likeness (QED) is 0.209. The van der Waals surface area contributed by atoms with E-state index < -0.39 is 0 Å². The van der Waals surface area contributed by atoms with Gasteiger partial charge in [-0.25, -0.2) is 9.97 Å². The van der Waals surface area contributed by atoms with Crippen LogP contribution in [0, 0.1) is 6.92 Å². The van der Waals surface area contributed by atoms with E-state index in [-0.39, 0.29) is 0 Å². The van der Waals surface area contributed by atoms with Crippen LogP contribution in [0.1, 0.15) is 5.56 Å². The minimum atomic E-state index is 0.670. The third kappa shape index (κ3) is 4.07. The lowest BCUT2D eigenvalue weighted by Crippen LogP contribution is -2.01. The van der Waals surface area contributed by atoms with Crippen LogP contribution in [-0.4, -0.2) is 19.1 Å². The summed E-state index contributed by atoms with van der Waals surface area (Å²) in [5, 5.41) is 4.86. The molecule has 0 bridgehead atoms. The minimum Gasteiger partial charge on any atom is -0.309 e. The molecule has 0 amide bonds. The number of benzene rings is 6. The molecule has 3 aromatic heterocycles. The van der Waals surface area contributed by atoms with Crippen molar-refractivity contribution in [2.45, 2.75) is 6.92 Å². The Morgan fingerprint density at radius 2 is 1.04 bits per heavy atom. The van der Waals surface area contributed by atoms with Gasteiger partial charge in [0.05, 0.1) is 27.8 Å². The van der Waals surface area contributed by atoms with Gasteiger partial charge in [-0.3, -0.25) is 4.57 Å². The third-order valence-corrected chi connectivity index (χ3v) is 8.85. The molecule has 0 aliphatic rings. The van der Waals surface area contributed by atoms with Gasteiger partial charge in [-0.2, -0.15) is 0 Å². The number of rotatable bonds is 4. The summed E-state index contributed by atoms with van der Waals surface area (Å²) in [6.07, 6.45) is 1.86. The van der Waals surface area contributed by atoms with Gasteiger partial charge in [-0.05, 0) is 78.7 Å². The lowest BCUT2D eigenvalue weighted by molar-refractivity contribution is 0.992. The Bertz CT molecular complexity index is 2550. The number of aryl methyl sites for hydroxylation is 1. The molecule has 4 nitrogen and oxygen atoms in total. The Hall–Kier alpha value is -6.00. The molecule has 9 aromatic rings. The molecular formula is C41H28N4. The Balaban J connectivity index is 1.22. The van der Waals surface area contributed by atoms with E-state index in [4.69, 9.17) is 9.97 Å². The van der Waals surface area contributed by atoms with E-state index in [9.17, 15) is 0 Å². The van der Waals surface area contributed by atoms with E-state index in [1.54, 1.807) is 0 Å². The summed E-state index contributed by atoms with van der Waals surface area (Å²) in [7, 11) is 0. The highest BCUT2D eigenvalue weighted by atomic mass is 15.2. The lowest BCUT2D eigenvalue weighted by Gasteiger charge is -2.09. The molecule has 0 N–H and O–H groups in total. The standard InChI is InChI=1S/C41H28N4/c1-27-10-9-11-30(24-27)36-22-23-42-41(43-36)45-38-17-8-6-15-33(38)35-26-29(19-21-40(35)45)28-18-20-39-34(25-28)32-14-5-7-16-37(32)44(39)31-12-3-2-4-13-31/h2-26H,1H3. The van der Waals surface area contributed by atoms with Crippen molar-refractivity contribution in [3.05, 3.63) is 157 Å². The Morgan fingerprint density at radius 1 is 0.444 bits per heavy atom. The molecule has 0 aliphatic carbocycles. The first-order valence-corrected chi connectivity index (χ1v) is 15.3. The van der Waals surface area contributed by atoms with Crippen molar-refractivity contribution in [1.29, 1.82) is 0 Å². The van der Waals surface area contributed by atoms with Crippen LogP contribution < -0.4 is 0 Å². The zero-order valence-electron chi connectivity index (χ0n) is 24.7. The van der Waals surface area contributed by atoms with Gasteiger partial charge in [0.1, 0.15) is 0 Å². The number of nitrogens with zero attached hydrogens (tertiary/aromatic N) is 4. The summed E-state index contributed by atoms with van der Waals surface area (Å²) in [6.45, 7) is 2.11. The van der Waals surface area contributed by atoms with E-state index in [2.05, 4.69) is 156 Å². The SMILES string of the molecule is Cc1cccc(-c2ccnc(-n3c4ccccc4c4cc(-c5ccc6c(c5)c5ccccc5n6-c5ccccc5)ccc43)n2)c1. The molecule has 45 heavy (non-hydrogen) atoms. The summed E-state index contributed by atoms with van der Waals surface area (Å²) in [5.74, 6) is 0.670. The first kappa shape index (κ1) is 25.5. The zero-order chi connectivity index (χ0) is 29.9. The minimum absolute atomic E-state index is 0.670. The van der Waals surface area contributed by atoms with E-state index >= 15 is 0 Å². The second kappa shape index (κ2) is 10.0. The molecule has 0 saturated carbocycles. The average molecular weight is 577 g/mol. The molecule has 6 aromatic carbocycles. The smallest absolute Gasteiger partial charge is 0.235 e. The molecule has 0 unspecified atom stereocenters. The predicted molar refractivity (Wildman–Crippen MR) is 186 cm³/mol. The largest absolute Gasteiger partial charge is 0.309 e. The van der Waals surface area contributed by atoms with Gasteiger partial charge in [0, 0.05) is 39.0 Å². The van der Waals surface area contributed by atoms with Crippen LogP contribution in [0.25, 0.3) is 77.6 Å². The van der Waals surface area contributed by atoms with Crippen LogP contribution in [0.2, 0.25) is 0 Å². The maximum absolute atomic E-state index is 5.05. The van der Waals surface area contributed by atoms with Crippen LogP contribution in [0.5, 0.6) is 0 Å². The van der Waals surface area contributed by atoms with Crippen LogP contribution in [-0.2, 0) is 0 Å². The molecule has 0 saturated heterocycles. The molecule has 0 spiro atoms. The second-order valence-corrected chi connectivity index (χ2v) is 11.6. The van der Waals surface area contributed by atoms with Gasteiger partial charge >= 0.3 is 0 Å². The van der Waals surface area contributed by atoms with Crippen molar-refractivity contribution in [3.63, 3.8) is 0 Å². The van der Waals surface area contributed by atoms with E-state index in [0.717, 1.165) is 22.3 Å². The van der Waals surface area contributed by atoms with Crippen LogP contribution in [0.15, 0.2) is 152 Å². The van der Waals surface area contributed by atoms with Crippen molar-refractivity contribution in [2.75, 3.05) is 0 Å². The fourth-order valence-electron chi connectivity index (χ4n) is 6.80. The van der Waals surface area contributed by atoms with Crippen molar-refractivity contribution < 1.29 is 0 Å². The normalized spacial score (nSPS) is 11.7. The van der Waals surface area contributed by atoms with Crippen LogP contribution in [0.3, 0.4) is 0 Å². The molecular weight excluding hydrogens is 548 g/mol. The highest BCUT2D eigenvalue weighted by molar-refractivity contribution is 6.12. The van der Waals surface area contributed by atoms with Gasteiger partial charge < -0.3 is 4.57 Å². The molecule has 4 heteroatoms. The molecule has 0 radical (unpaired) electrons. The molecule has 0 aliphatic heterocycles. The molecule has 0 atom stereocenters. The number of hydrogen-bond acceptors (Lipinski definition) is 2. The average Bonchev–Trinajstić information content (AvgIpc) is 3.61. The fourth-order valence-corrected chi connectivity index (χ4v) is 6.80. The van der Waals surface area contributed by atoms with E-state index in [1.165, 1.54) is 55.0 Å². The second-order valence-electron chi connectivity index (χ2n) is 11.6. The van der Waals surface area contributed by atoms with Crippen molar-refractivity contribution in [2.24, 2.45) is 0 Å². The molecule has 9 rings (SSSR count). The van der Waals surface area contributed by atoms with Gasteiger partial charge in [0.25, 0.3) is 0 Å². The molecule has 212 valence electrons. The monoisotopic (exact) mass is 576 g/mol. The number of aromatic nitrogens is 4. The van der Waals surface area contributed by atoms with Gasteiger partial charge in [-0.15, -0.1) is 0 Å². The van der Waals surface area contributed by atoms with Gasteiger partial charge in [0.2, 0.25) is 5.95 Å². The van der Waals surface area contributed by atoms with E-state index in [0.29, 0.717) is 5.95 Å². The van der Waals surface area contributed by atoms with Gasteiger partial charge in [0.15, 0.2) is 0 Å². The molecule has 3 heterocycles. The molecule has 0 fully saturated rings. The van der Waals surface area contributed by atoms with E-state index in [1.807, 2.05) is 12.3 Å². The predicted octanol–water partition coefficient (Wildman–Crippen LogP) is 10.3. The summed E-state index contributed by atoms with van der Waals surface area (Å²) in [6, 6.07) is 51.8. The zero-order valence-corrected chi connectivity index (χ0v) is 24.7. The summed E-state index contributed by atoms with van der Waals surface area (Å²) in [5.41, 5.74) is 11.3. The summed E-state index contributed by atoms with van der Waals surface area (Å²) >= 11 is 0. The summed E-state index contributed by atoms with van der Waals surface area (Å²) in [4.78, 5) is 9.80. The summed E-state index contributed by atoms with van der Waals surface area (Å²) < 4.78 is 4.54. The Morgan fingerprint density at radius 3 is 1.73 bits per heavy atom. The van der Waals surface area contributed by atoms with Crippen molar-refractivity contribution >= 4 is 43.6 Å². The first-order valence-electron chi connectivity index (χ1n) is 15.3. The van der Waals surface area contributed by atoms with Crippen LogP contribution >= 0.6 is 0 Å². The van der Waals surface area contributed by atoms with Crippen molar-refractivity contribution in [3.8, 4) is 34.0 Å². The highest BCUT2D eigenvalue weighted by Gasteiger charge is 2.17. The topological polar surface area (TPSA) is 35.6 Å².